The molecular weight excluding hydrogens is 309 g/mol. The van der Waals surface area contributed by atoms with Gasteiger partial charge in [0.05, 0.1) is 10.2 Å². The van der Waals surface area contributed by atoms with Gasteiger partial charge in [-0.25, -0.2) is 4.39 Å². The molecule has 0 saturated carbocycles. The van der Waals surface area contributed by atoms with Crippen molar-refractivity contribution in [2.24, 2.45) is 0 Å². The lowest BCUT2D eigenvalue weighted by Crippen LogP contribution is -2.00. The van der Waals surface area contributed by atoms with Crippen LogP contribution in [0.25, 0.3) is 0 Å². The lowest BCUT2D eigenvalue weighted by atomic mass is 10.1. The van der Waals surface area contributed by atoms with Crippen LogP contribution in [0, 0.1) is 5.82 Å². The first-order valence-corrected chi connectivity index (χ1v) is 6.84. The molecule has 0 fully saturated rings. The number of nitrogens with two attached hydrogens (primary N) is 1. The predicted octanol–water partition coefficient (Wildman–Crippen LogP) is 4.31. The van der Waals surface area contributed by atoms with Crippen molar-refractivity contribution in [3.05, 3.63) is 57.8 Å². The summed E-state index contributed by atoms with van der Waals surface area (Å²) in [5, 5.41) is 0. The molecule has 2 N–H and O–H groups in total. The van der Waals surface area contributed by atoms with Gasteiger partial charge in [-0.2, -0.15) is 0 Å². The lowest BCUT2D eigenvalue weighted by Gasteiger charge is -2.11. The van der Waals surface area contributed by atoms with Gasteiger partial charge in [-0.15, -0.1) is 0 Å². The molecule has 2 aromatic carbocycles. The number of rotatable bonds is 4. The summed E-state index contributed by atoms with van der Waals surface area (Å²) in [7, 11) is 0. The van der Waals surface area contributed by atoms with Crippen LogP contribution in [0.2, 0.25) is 0 Å². The SMILES string of the molecule is CCc1ccc(COc2c(N)cc(F)cc2Br)cc1. The van der Waals surface area contributed by atoms with Gasteiger partial charge in [0.2, 0.25) is 0 Å². The number of benzene rings is 2. The molecule has 0 spiro atoms. The Labute approximate surface area is 120 Å². The molecule has 100 valence electrons. The molecule has 0 aromatic heterocycles. The zero-order valence-electron chi connectivity index (χ0n) is 10.6. The van der Waals surface area contributed by atoms with E-state index in [1.165, 1.54) is 17.7 Å². The number of hydrogen-bond donors (Lipinski definition) is 1. The fourth-order valence-electron chi connectivity index (χ4n) is 1.76. The molecule has 0 aliphatic carbocycles. The maximum atomic E-state index is 13.1. The summed E-state index contributed by atoms with van der Waals surface area (Å²) < 4.78 is 19.3. The fraction of sp³-hybridized carbons (Fsp3) is 0.200. The normalized spacial score (nSPS) is 10.5. The van der Waals surface area contributed by atoms with Crippen LogP contribution in [-0.2, 0) is 13.0 Å². The molecule has 2 rings (SSSR count). The van der Waals surface area contributed by atoms with Gasteiger partial charge in [-0.3, -0.25) is 0 Å². The van der Waals surface area contributed by atoms with E-state index in [0.29, 0.717) is 16.8 Å². The molecule has 0 atom stereocenters. The van der Waals surface area contributed by atoms with E-state index < -0.39 is 0 Å². The second-order valence-corrected chi connectivity index (χ2v) is 5.12. The average molecular weight is 324 g/mol. The molecule has 2 nitrogen and oxygen atoms in total. The van der Waals surface area contributed by atoms with Crippen LogP contribution < -0.4 is 10.5 Å². The molecule has 19 heavy (non-hydrogen) atoms. The molecule has 0 amide bonds. The van der Waals surface area contributed by atoms with Gasteiger partial charge < -0.3 is 10.5 Å². The van der Waals surface area contributed by atoms with E-state index in [0.717, 1.165) is 12.0 Å². The quantitative estimate of drug-likeness (QED) is 0.851. The highest BCUT2D eigenvalue weighted by molar-refractivity contribution is 9.10. The lowest BCUT2D eigenvalue weighted by molar-refractivity contribution is 0.305. The first kappa shape index (κ1) is 13.9. The van der Waals surface area contributed by atoms with Crippen molar-refractivity contribution in [1.29, 1.82) is 0 Å². The highest BCUT2D eigenvalue weighted by Crippen LogP contribution is 2.32. The predicted molar refractivity (Wildman–Crippen MR) is 78.7 cm³/mol. The van der Waals surface area contributed by atoms with Crippen molar-refractivity contribution in [3.8, 4) is 5.75 Å². The Morgan fingerprint density at radius 3 is 2.37 bits per heavy atom. The Morgan fingerprint density at radius 2 is 1.79 bits per heavy atom. The fourth-order valence-corrected chi connectivity index (χ4v) is 2.32. The Bertz CT molecular complexity index is 546. The van der Waals surface area contributed by atoms with Gasteiger partial charge in [0.15, 0.2) is 5.75 Å². The minimum Gasteiger partial charge on any atom is -0.486 e. The van der Waals surface area contributed by atoms with Crippen molar-refractivity contribution >= 4 is 21.6 Å². The van der Waals surface area contributed by atoms with Gasteiger partial charge >= 0.3 is 0 Å². The molecule has 0 bridgehead atoms. The van der Waals surface area contributed by atoms with E-state index in [2.05, 4.69) is 35.0 Å². The average Bonchev–Trinajstić information content (AvgIpc) is 2.38. The van der Waals surface area contributed by atoms with Crippen LogP contribution in [0.5, 0.6) is 5.75 Å². The standard InChI is InChI=1S/C15H15BrFNO/c1-2-10-3-5-11(6-4-10)9-19-15-13(16)7-12(17)8-14(15)18/h3-8H,2,9,18H2,1H3. The molecule has 2 aromatic rings. The van der Waals surface area contributed by atoms with Crippen LogP contribution >= 0.6 is 15.9 Å². The number of anilines is 1. The molecular formula is C15H15BrFNO. The molecule has 0 aliphatic rings. The summed E-state index contributed by atoms with van der Waals surface area (Å²) >= 11 is 3.25. The van der Waals surface area contributed by atoms with E-state index in [1.807, 2.05) is 12.1 Å². The van der Waals surface area contributed by atoms with Crippen molar-refractivity contribution in [1.82, 2.24) is 0 Å². The van der Waals surface area contributed by atoms with Crippen LogP contribution in [0.4, 0.5) is 10.1 Å². The van der Waals surface area contributed by atoms with Gasteiger partial charge in [0.1, 0.15) is 12.4 Å². The minimum absolute atomic E-state index is 0.289. The van der Waals surface area contributed by atoms with E-state index in [1.54, 1.807) is 0 Å². The van der Waals surface area contributed by atoms with Crippen molar-refractivity contribution in [2.75, 3.05) is 5.73 Å². The summed E-state index contributed by atoms with van der Waals surface area (Å²) in [5.41, 5.74) is 8.36. The second-order valence-electron chi connectivity index (χ2n) is 4.26. The smallest absolute Gasteiger partial charge is 0.157 e. The number of nitrogen functional groups attached to an aromatic ring is 1. The summed E-state index contributed by atoms with van der Waals surface area (Å²) in [6.45, 7) is 2.51. The van der Waals surface area contributed by atoms with Crippen molar-refractivity contribution in [2.45, 2.75) is 20.0 Å². The summed E-state index contributed by atoms with van der Waals surface area (Å²) in [6.07, 6.45) is 1.01. The van der Waals surface area contributed by atoms with Crippen LogP contribution in [-0.4, -0.2) is 0 Å². The summed E-state index contributed by atoms with van der Waals surface area (Å²) in [5.74, 6) is 0.0880. The van der Waals surface area contributed by atoms with Gasteiger partial charge in [0, 0.05) is 6.07 Å². The van der Waals surface area contributed by atoms with E-state index in [-0.39, 0.29) is 11.5 Å². The topological polar surface area (TPSA) is 35.2 Å². The van der Waals surface area contributed by atoms with Gasteiger partial charge in [-0.1, -0.05) is 31.2 Å². The Hall–Kier alpha value is -1.55. The zero-order chi connectivity index (χ0) is 13.8. The van der Waals surface area contributed by atoms with E-state index in [9.17, 15) is 4.39 Å². The number of ether oxygens (including phenoxy) is 1. The number of aryl methyl sites for hydroxylation is 1. The summed E-state index contributed by atoms with van der Waals surface area (Å²) in [4.78, 5) is 0. The maximum absolute atomic E-state index is 13.1. The highest BCUT2D eigenvalue weighted by Gasteiger charge is 2.08. The number of halogens is 2. The van der Waals surface area contributed by atoms with Gasteiger partial charge in [0.25, 0.3) is 0 Å². The van der Waals surface area contributed by atoms with Crippen LogP contribution in [0.15, 0.2) is 40.9 Å². The maximum Gasteiger partial charge on any atom is 0.157 e. The third-order valence-electron chi connectivity index (χ3n) is 2.85. The Balaban J connectivity index is 2.10. The molecule has 0 aliphatic heterocycles. The minimum atomic E-state index is -0.385. The zero-order valence-corrected chi connectivity index (χ0v) is 12.2. The third-order valence-corrected chi connectivity index (χ3v) is 3.44. The first-order chi connectivity index (χ1) is 9.10. The second kappa shape index (κ2) is 6.06. The Kier molecular flexibility index (Phi) is 4.43. The molecule has 0 heterocycles. The summed E-state index contributed by atoms with van der Waals surface area (Å²) in [6, 6.07) is 10.8. The van der Waals surface area contributed by atoms with Gasteiger partial charge in [-0.05, 0) is 39.5 Å². The van der Waals surface area contributed by atoms with E-state index in [4.69, 9.17) is 10.5 Å². The highest BCUT2D eigenvalue weighted by atomic mass is 79.9. The largest absolute Gasteiger partial charge is 0.486 e. The van der Waals surface area contributed by atoms with Crippen LogP contribution in [0.1, 0.15) is 18.1 Å². The van der Waals surface area contributed by atoms with E-state index >= 15 is 0 Å². The van der Waals surface area contributed by atoms with Crippen LogP contribution in [0.3, 0.4) is 0 Å². The molecule has 4 heteroatoms. The Morgan fingerprint density at radius 1 is 1.16 bits per heavy atom. The third kappa shape index (κ3) is 3.47. The molecule has 0 saturated heterocycles. The van der Waals surface area contributed by atoms with Crippen molar-refractivity contribution in [3.63, 3.8) is 0 Å². The number of hydrogen-bond acceptors (Lipinski definition) is 2. The monoisotopic (exact) mass is 323 g/mol. The first-order valence-electron chi connectivity index (χ1n) is 6.05. The molecule has 0 radical (unpaired) electrons. The van der Waals surface area contributed by atoms with Crippen molar-refractivity contribution < 1.29 is 9.13 Å². The molecule has 0 unspecified atom stereocenters.